The molecule has 0 aliphatic carbocycles. The Morgan fingerprint density at radius 2 is 2.06 bits per heavy atom. The topological polar surface area (TPSA) is 72.5 Å². The molecule has 1 N–H and O–H groups in total. The highest BCUT2D eigenvalue weighted by atomic mass is 32.2. The maximum atomic E-state index is 13.3. The van der Waals surface area contributed by atoms with Crippen molar-refractivity contribution in [3.05, 3.63) is 0 Å². The summed E-state index contributed by atoms with van der Waals surface area (Å²) in [6, 6.07) is -0.970. The average Bonchev–Trinajstić information content (AvgIpc) is 2.33. The highest BCUT2D eigenvalue weighted by molar-refractivity contribution is 7.85. The molecule has 5 nitrogen and oxygen atoms in total. The quantitative estimate of drug-likeness (QED) is 0.726. The van der Waals surface area contributed by atoms with Gasteiger partial charge in [0.25, 0.3) is 16.0 Å². The smallest absolute Gasteiger partial charge is 0.329 e. The number of nitrogens with one attached hydrogen (secondary N) is 1. The SMILES string of the molecule is CC[C@H]1[C@@H](COS(C)(=O)=O)NC(=O)C1(F)F. The van der Waals surface area contributed by atoms with Crippen molar-refractivity contribution in [2.45, 2.75) is 25.3 Å². The first-order valence-corrected chi connectivity index (χ1v) is 6.53. The summed E-state index contributed by atoms with van der Waals surface area (Å²) < 4.78 is 52.3. The molecule has 8 heteroatoms. The first kappa shape index (κ1) is 13.3. The van der Waals surface area contributed by atoms with Gasteiger partial charge in [0.05, 0.1) is 24.8 Å². The fourth-order valence-corrected chi connectivity index (χ4v) is 2.08. The molecule has 1 heterocycles. The number of hydrogen-bond acceptors (Lipinski definition) is 4. The Labute approximate surface area is 92.3 Å². The van der Waals surface area contributed by atoms with Gasteiger partial charge >= 0.3 is 5.92 Å². The van der Waals surface area contributed by atoms with Gasteiger partial charge < -0.3 is 5.32 Å². The summed E-state index contributed by atoms with van der Waals surface area (Å²) in [4.78, 5) is 10.9. The fourth-order valence-electron chi connectivity index (χ4n) is 1.68. The number of carbonyl (C=O) groups excluding carboxylic acids is 1. The number of rotatable bonds is 4. The minimum absolute atomic E-state index is 0.0591. The molecule has 94 valence electrons. The molecule has 0 spiro atoms. The standard InChI is InChI=1S/C8H13F2NO4S/c1-3-5-6(4-15-16(2,13)14)11-7(12)8(5,9)10/h5-6H,3-4H2,1-2H3,(H,11,12)/t5-,6+/m0/s1. The van der Waals surface area contributed by atoms with E-state index in [0.29, 0.717) is 0 Å². The molecule has 0 aromatic heterocycles. The van der Waals surface area contributed by atoms with Crippen molar-refractivity contribution >= 4 is 16.0 Å². The Bertz CT molecular complexity index is 381. The summed E-state index contributed by atoms with van der Waals surface area (Å²) >= 11 is 0. The molecule has 1 fully saturated rings. The third-order valence-electron chi connectivity index (χ3n) is 2.47. The van der Waals surface area contributed by atoms with Crippen LogP contribution >= 0.6 is 0 Å². The fraction of sp³-hybridized carbons (Fsp3) is 0.875. The van der Waals surface area contributed by atoms with Crippen molar-refractivity contribution in [2.75, 3.05) is 12.9 Å². The lowest BCUT2D eigenvalue weighted by Gasteiger charge is -2.19. The number of halogens is 2. The maximum Gasteiger partial charge on any atom is 0.329 e. The minimum atomic E-state index is -3.69. The van der Waals surface area contributed by atoms with Gasteiger partial charge in [-0.25, -0.2) is 0 Å². The van der Waals surface area contributed by atoms with E-state index >= 15 is 0 Å². The van der Waals surface area contributed by atoms with E-state index in [4.69, 9.17) is 0 Å². The van der Waals surface area contributed by atoms with Crippen LogP contribution < -0.4 is 5.32 Å². The third kappa shape index (κ3) is 2.67. The number of carbonyl (C=O) groups is 1. The Balaban J connectivity index is 2.73. The molecule has 0 saturated carbocycles. The summed E-state index contributed by atoms with van der Waals surface area (Å²) in [5.74, 6) is -6.07. The molecule has 1 saturated heterocycles. The molecule has 0 aromatic rings. The van der Waals surface area contributed by atoms with Crippen molar-refractivity contribution in [3.8, 4) is 0 Å². The van der Waals surface area contributed by atoms with Gasteiger partial charge in [0.1, 0.15) is 0 Å². The van der Waals surface area contributed by atoms with Gasteiger partial charge in [0, 0.05) is 0 Å². The maximum absolute atomic E-state index is 13.3. The zero-order valence-corrected chi connectivity index (χ0v) is 9.68. The van der Waals surface area contributed by atoms with Crippen molar-refractivity contribution in [3.63, 3.8) is 0 Å². The van der Waals surface area contributed by atoms with Crippen molar-refractivity contribution in [1.82, 2.24) is 5.32 Å². The monoisotopic (exact) mass is 257 g/mol. The van der Waals surface area contributed by atoms with Gasteiger partial charge in [0.15, 0.2) is 0 Å². The van der Waals surface area contributed by atoms with Crippen molar-refractivity contribution in [1.29, 1.82) is 0 Å². The van der Waals surface area contributed by atoms with E-state index in [-0.39, 0.29) is 6.42 Å². The molecule has 1 aliphatic rings. The van der Waals surface area contributed by atoms with Crippen LogP contribution in [0.5, 0.6) is 0 Å². The Morgan fingerprint density at radius 1 is 1.50 bits per heavy atom. The van der Waals surface area contributed by atoms with E-state index in [2.05, 4.69) is 4.18 Å². The van der Waals surface area contributed by atoms with E-state index in [1.807, 2.05) is 5.32 Å². The summed E-state index contributed by atoms with van der Waals surface area (Å²) in [6.45, 7) is 1.05. The first-order valence-electron chi connectivity index (χ1n) is 4.71. The van der Waals surface area contributed by atoms with Gasteiger partial charge in [-0.15, -0.1) is 0 Å². The minimum Gasteiger partial charge on any atom is -0.345 e. The van der Waals surface area contributed by atoms with E-state index < -0.39 is 40.5 Å². The van der Waals surface area contributed by atoms with E-state index in [9.17, 15) is 22.0 Å². The largest absolute Gasteiger partial charge is 0.345 e. The lowest BCUT2D eigenvalue weighted by atomic mass is 9.95. The van der Waals surface area contributed by atoms with Gasteiger partial charge in [-0.2, -0.15) is 17.2 Å². The molecule has 2 atom stereocenters. The second-order valence-corrected chi connectivity index (χ2v) is 5.35. The average molecular weight is 257 g/mol. The molecule has 1 amide bonds. The summed E-state index contributed by atoms with van der Waals surface area (Å²) in [5, 5.41) is 2.04. The molecular weight excluding hydrogens is 244 g/mol. The van der Waals surface area contributed by atoms with Crippen LogP contribution in [0.1, 0.15) is 13.3 Å². The number of amides is 1. The van der Waals surface area contributed by atoms with Crippen LogP contribution in [0.3, 0.4) is 0 Å². The third-order valence-corrected chi connectivity index (χ3v) is 3.04. The molecule has 0 unspecified atom stereocenters. The van der Waals surface area contributed by atoms with Crippen molar-refractivity contribution in [2.24, 2.45) is 5.92 Å². The van der Waals surface area contributed by atoms with Gasteiger partial charge in [0.2, 0.25) is 0 Å². The molecule has 1 aliphatic heterocycles. The van der Waals surface area contributed by atoms with Crippen LogP contribution in [0, 0.1) is 5.92 Å². The van der Waals surface area contributed by atoms with E-state index in [1.165, 1.54) is 6.92 Å². The Morgan fingerprint density at radius 3 is 2.50 bits per heavy atom. The van der Waals surface area contributed by atoms with Crippen LogP contribution in [-0.2, 0) is 19.1 Å². The summed E-state index contributed by atoms with van der Waals surface area (Å²) in [7, 11) is -3.69. The predicted molar refractivity (Wildman–Crippen MR) is 51.5 cm³/mol. The van der Waals surface area contributed by atoms with Crippen LogP contribution in [-0.4, -0.2) is 39.2 Å². The molecule has 0 radical (unpaired) electrons. The number of hydrogen-bond donors (Lipinski definition) is 1. The Kier molecular flexibility index (Phi) is 3.53. The molecule has 0 bridgehead atoms. The van der Waals surface area contributed by atoms with Crippen LogP contribution in [0.2, 0.25) is 0 Å². The van der Waals surface area contributed by atoms with Gasteiger partial charge in [-0.1, -0.05) is 6.92 Å². The highest BCUT2D eigenvalue weighted by Gasteiger charge is 2.56. The lowest BCUT2D eigenvalue weighted by Crippen LogP contribution is -2.34. The number of alkyl halides is 2. The Hall–Kier alpha value is -0.760. The van der Waals surface area contributed by atoms with Crippen molar-refractivity contribution < 1.29 is 26.2 Å². The zero-order valence-electron chi connectivity index (χ0n) is 8.87. The summed E-state index contributed by atoms with van der Waals surface area (Å²) in [5.41, 5.74) is 0. The molecular formula is C8H13F2NO4S. The van der Waals surface area contributed by atoms with Crippen LogP contribution in [0.25, 0.3) is 0 Å². The van der Waals surface area contributed by atoms with E-state index in [0.717, 1.165) is 6.26 Å². The molecule has 1 rings (SSSR count). The van der Waals surface area contributed by atoms with Gasteiger partial charge in [-0.3, -0.25) is 8.98 Å². The second-order valence-electron chi connectivity index (χ2n) is 3.71. The van der Waals surface area contributed by atoms with Gasteiger partial charge in [-0.05, 0) is 6.42 Å². The highest BCUT2D eigenvalue weighted by Crippen LogP contribution is 2.35. The second kappa shape index (κ2) is 4.25. The summed E-state index contributed by atoms with van der Waals surface area (Å²) in [6.07, 6.45) is 0.881. The normalized spacial score (nSPS) is 29.1. The first-order chi connectivity index (χ1) is 7.18. The van der Waals surface area contributed by atoms with E-state index in [1.54, 1.807) is 0 Å². The van der Waals surface area contributed by atoms with Crippen LogP contribution in [0.4, 0.5) is 8.78 Å². The zero-order chi connectivity index (χ0) is 12.6. The van der Waals surface area contributed by atoms with Crippen LogP contribution in [0.15, 0.2) is 0 Å². The lowest BCUT2D eigenvalue weighted by molar-refractivity contribution is -0.144. The molecule has 0 aromatic carbocycles. The molecule has 16 heavy (non-hydrogen) atoms. The predicted octanol–water partition coefficient (Wildman–Crippen LogP) is 0.123.